The van der Waals surface area contributed by atoms with E-state index in [9.17, 15) is 33.6 Å². The molecule has 4 aromatic heterocycles. The molecule has 1 saturated carbocycles. The zero-order valence-electron chi connectivity index (χ0n) is 37.0. The lowest BCUT2D eigenvalue weighted by Gasteiger charge is -2.38. The van der Waals surface area contributed by atoms with Crippen LogP contribution in [0.1, 0.15) is 86.6 Å². The molecule has 0 bridgehead atoms. The number of ether oxygens (including phenoxy) is 2. The molecule has 7 N–H and O–H groups in total. The van der Waals surface area contributed by atoms with Crippen molar-refractivity contribution in [3.05, 3.63) is 95.9 Å². The molecule has 7 amide bonds. The Morgan fingerprint density at radius 2 is 1.62 bits per heavy atom. The molecule has 1 unspecified atom stereocenters. The largest absolute Gasteiger partial charge is 0.444 e. The SMILES string of the molecule is NC(=O)c1nn(-c2ccc(C(=O)NCCOCCOCCNC(=O)c3ccc(N4CCC5(CCCC(=O)NC5=O)CC4=O)nc3)cc2)cc1NC(=O)c1coc(-c2ccnc(NCC3CC3)c2)n1. The molecule has 2 saturated heterocycles. The number of rotatable bonds is 20. The summed E-state index contributed by atoms with van der Waals surface area (Å²) in [5.74, 6) is -1.25. The summed E-state index contributed by atoms with van der Waals surface area (Å²) < 4.78 is 18.0. The van der Waals surface area contributed by atoms with Gasteiger partial charge < -0.3 is 40.9 Å². The van der Waals surface area contributed by atoms with E-state index in [1.165, 1.54) is 41.1 Å². The predicted octanol–water partition coefficient (Wildman–Crippen LogP) is 2.62. The third kappa shape index (κ3) is 11.6. The van der Waals surface area contributed by atoms with Crippen LogP contribution in [0, 0.1) is 11.3 Å². The van der Waals surface area contributed by atoms with E-state index in [1.807, 2.05) is 0 Å². The second-order valence-electron chi connectivity index (χ2n) is 16.6. The fourth-order valence-electron chi connectivity index (χ4n) is 7.75. The maximum Gasteiger partial charge on any atom is 0.277 e. The molecule has 22 heteroatoms. The average Bonchev–Trinajstić information content (AvgIpc) is 3.90. The van der Waals surface area contributed by atoms with E-state index in [2.05, 4.69) is 46.6 Å². The molecule has 1 spiro atoms. The summed E-state index contributed by atoms with van der Waals surface area (Å²) in [6.45, 7) is 2.54. The highest BCUT2D eigenvalue weighted by atomic mass is 16.5. The van der Waals surface area contributed by atoms with Crippen LogP contribution in [-0.4, -0.2) is 119 Å². The number of hydrogen-bond acceptors (Lipinski definition) is 15. The molecule has 3 fully saturated rings. The van der Waals surface area contributed by atoms with Gasteiger partial charge in [-0.3, -0.25) is 43.8 Å². The van der Waals surface area contributed by atoms with Crippen molar-refractivity contribution in [2.75, 3.05) is 68.1 Å². The van der Waals surface area contributed by atoms with Crippen molar-refractivity contribution in [3.8, 4) is 17.1 Å². The molecule has 22 nitrogen and oxygen atoms in total. The first kappa shape index (κ1) is 46.7. The monoisotopic (exact) mass is 930 g/mol. The lowest BCUT2D eigenvalue weighted by Crippen LogP contribution is -2.51. The van der Waals surface area contributed by atoms with E-state index in [-0.39, 0.29) is 111 Å². The Morgan fingerprint density at radius 3 is 2.31 bits per heavy atom. The van der Waals surface area contributed by atoms with E-state index in [4.69, 9.17) is 19.6 Å². The summed E-state index contributed by atoms with van der Waals surface area (Å²) >= 11 is 0. The Labute approximate surface area is 389 Å². The van der Waals surface area contributed by atoms with Crippen LogP contribution in [0.3, 0.4) is 0 Å². The molecule has 8 rings (SSSR count). The van der Waals surface area contributed by atoms with Crippen LogP contribution in [0.2, 0.25) is 0 Å². The highest BCUT2D eigenvalue weighted by molar-refractivity contribution is 6.07. The maximum atomic E-state index is 13.2. The normalized spacial score (nSPS) is 17.1. The fourth-order valence-corrected chi connectivity index (χ4v) is 7.75. The van der Waals surface area contributed by atoms with Gasteiger partial charge in [0.1, 0.15) is 17.9 Å². The molecule has 354 valence electrons. The van der Waals surface area contributed by atoms with Crippen LogP contribution in [-0.2, 0) is 23.9 Å². The van der Waals surface area contributed by atoms with Gasteiger partial charge in [-0.25, -0.2) is 19.6 Å². The summed E-state index contributed by atoms with van der Waals surface area (Å²) in [6, 6.07) is 13.1. The molecule has 6 heterocycles. The number of benzene rings is 1. The quantitative estimate of drug-likeness (QED) is 0.0483. The molecule has 3 aliphatic rings. The molecule has 2 aliphatic heterocycles. The number of hydrogen-bond donors (Lipinski definition) is 6. The average molecular weight is 931 g/mol. The van der Waals surface area contributed by atoms with Crippen LogP contribution < -0.4 is 37.2 Å². The zero-order chi connectivity index (χ0) is 47.6. The van der Waals surface area contributed by atoms with E-state index in [1.54, 1.807) is 54.7 Å². The number of piperidine rings is 1. The molecule has 5 aromatic rings. The molecular weight excluding hydrogens is 881 g/mol. The molecular formula is C46H50N12O10. The molecule has 68 heavy (non-hydrogen) atoms. The Bertz CT molecular complexity index is 2680. The summed E-state index contributed by atoms with van der Waals surface area (Å²) in [5.41, 5.74) is 6.32. The van der Waals surface area contributed by atoms with Crippen LogP contribution in [0.15, 0.2) is 77.8 Å². The van der Waals surface area contributed by atoms with Crippen LogP contribution in [0.25, 0.3) is 17.1 Å². The van der Waals surface area contributed by atoms with Crippen LogP contribution in [0.4, 0.5) is 17.3 Å². The van der Waals surface area contributed by atoms with Gasteiger partial charge in [0.15, 0.2) is 11.4 Å². The molecule has 0 radical (unpaired) electrons. The number of nitrogens with two attached hydrogens (primary N) is 1. The number of primary amides is 1. The Kier molecular flexibility index (Phi) is 14.5. The van der Waals surface area contributed by atoms with E-state index >= 15 is 0 Å². The Morgan fingerprint density at radius 1 is 0.882 bits per heavy atom. The van der Waals surface area contributed by atoms with Gasteiger partial charge in [0, 0.05) is 62.5 Å². The van der Waals surface area contributed by atoms with Crippen molar-refractivity contribution in [1.29, 1.82) is 0 Å². The lowest BCUT2D eigenvalue weighted by molar-refractivity contribution is -0.140. The predicted molar refractivity (Wildman–Crippen MR) is 243 cm³/mol. The first-order valence-electron chi connectivity index (χ1n) is 22.2. The number of anilines is 3. The van der Waals surface area contributed by atoms with Gasteiger partial charge in [-0.05, 0) is 86.6 Å². The number of imide groups is 1. The number of nitrogens with zero attached hydrogens (tertiary/aromatic N) is 6. The van der Waals surface area contributed by atoms with Crippen molar-refractivity contribution in [3.63, 3.8) is 0 Å². The number of pyridine rings is 2. The van der Waals surface area contributed by atoms with Crippen LogP contribution in [0.5, 0.6) is 0 Å². The van der Waals surface area contributed by atoms with E-state index < -0.39 is 17.2 Å². The van der Waals surface area contributed by atoms with Crippen molar-refractivity contribution in [2.45, 2.75) is 44.9 Å². The zero-order valence-corrected chi connectivity index (χ0v) is 37.0. The number of carbonyl (C=O) groups is 7. The van der Waals surface area contributed by atoms with Gasteiger partial charge in [0.25, 0.3) is 23.6 Å². The van der Waals surface area contributed by atoms with Crippen molar-refractivity contribution in [2.24, 2.45) is 17.1 Å². The third-order valence-corrected chi connectivity index (χ3v) is 11.7. The first-order chi connectivity index (χ1) is 32.9. The smallest absolute Gasteiger partial charge is 0.277 e. The number of carbonyl (C=O) groups excluding carboxylic acids is 7. The number of nitrogens with one attached hydrogen (secondary N) is 5. The van der Waals surface area contributed by atoms with Gasteiger partial charge in [-0.15, -0.1) is 0 Å². The maximum absolute atomic E-state index is 13.2. The molecule has 1 aromatic carbocycles. The van der Waals surface area contributed by atoms with Gasteiger partial charge in [-0.1, -0.05) is 0 Å². The van der Waals surface area contributed by atoms with Crippen molar-refractivity contribution >= 4 is 58.7 Å². The van der Waals surface area contributed by atoms with E-state index in [0.717, 1.165) is 6.54 Å². The van der Waals surface area contributed by atoms with Crippen LogP contribution >= 0.6 is 0 Å². The van der Waals surface area contributed by atoms with Crippen molar-refractivity contribution < 1.29 is 47.5 Å². The minimum atomic E-state index is -0.889. The fraction of sp³-hybridized carbons (Fsp3) is 0.370. The van der Waals surface area contributed by atoms with Crippen molar-refractivity contribution in [1.82, 2.24) is 40.7 Å². The standard InChI is InChI=1S/C46H50N12O10/c47-40(61)39-33(53-43(64)34-27-68-44(54-34)30-11-14-48-35(22-30)51-24-28-3-4-28)26-58(56-39)32-8-5-29(6-9-32)41(62)49-15-18-66-20-21-67-19-16-50-42(63)31-7-10-36(52-25-31)57-17-13-46(23-38(57)60)12-1-2-37(59)55-45(46)65/h5-11,14,22,25-28H,1-4,12-13,15-21,23-24H2,(H2,47,61)(H,48,51)(H,49,62)(H,50,63)(H,53,64)(H,55,59,65). The Balaban J connectivity index is 0.706. The molecule has 1 atom stereocenters. The number of oxazole rings is 1. The third-order valence-electron chi connectivity index (χ3n) is 11.7. The minimum Gasteiger partial charge on any atom is -0.444 e. The van der Waals surface area contributed by atoms with Gasteiger partial charge in [0.05, 0.1) is 55.0 Å². The van der Waals surface area contributed by atoms with Gasteiger partial charge in [-0.2, -0.15) is 5.10 Å². The number of aromatic nitrogens is 5. The second kappa shape index (κ2) is 21.2. The molecule has 1 aliphatic carbocycles. The second-order valence-corrected chi connectivity index (χ2v) is 16.6. The Hall–Kier alpha value is -7.85. The van der Waals surface area contributed by atoms with E-state index in [0.29, 0.717) is 59.2 Å². The summed E-state index contributed by atoms with van der Waals surface area (Å²) in [4.78, 5) is 103. The summed E-state index contributed by atoms with van der Waals surface area (Å²) in [6.07, 6.45) is 9.74. The summed E-state index contributed by atoms with van der Waals surface area (Å²) in [7, 11) is 0. The first-order valence-corrected chi connectivity index (χ1v) is 22.2. The highest BCUT2D eigenvalue weighted by Gasteiger charge is 2.46. The minimum absolute atomic E-state index is 0.0110. The number of amides is 7. The summed E-state index contributed by atoms with van der Waals surface area (Å²) in [5, 5.41) is 18.1. The topological polar surface area (TPSA) is 297 Å². The van der Waals surface area contributed by atoms with Gasteiger partial charge >= 0.3 is 0 Å². The highest BCUT2D eigenvalue weighted by Crippen LogP contribution is 2.40. The lowest BCUT2D eigenvalue weighted by atomic mass is 9.74. The van der Waals surface area contributed by atoms with Gasteiger partial charge in [0.2, 0.25) is 23.6 Å².